The maximum absolute atomic E-state index is 11.6. The van der Waals surface area contributed by atoms with Crippen LogP contribution in [0.2, 0.25) is 0 Å². The summed E-state index contributed by atoms with van der Waals surface area (Å²) in [5.74, 6) is 1.66. The van der Waals surface area contributed by atoms with Crippen molar-refractivity contribution in [3.8, 4) is 5.75 Å². The van der Waals surface area contributed by atoms with Crippen LogP contribution in [-0.2, 0) is 16.1 Å². The number of methoxy groups -OCH3 is 1. The van der Waals surface area contributed by atoms with Crippen LogP contribution in [0.3, 0.4) is 0 Å². The van der Waals surface area contributed by atoms with Crippen LogP contribution in [0.15, 0.2) is 18.2 Å². The first-order valence-corrected chi connectivity index (χ1v) is 7.51. The minimum Gasteiger partial charge on any atom is -0.492 e. The lowest BCUT2D eigenvalue weighted by Gasteiger charge is -2.19. The van der Waals surface area contributed by atoms with E-state index in [-0.39, 0.29) is 12.5 Å². The molecule has 1 N–H and O–H groups in total. The monoisotopic (exact) mass is 290 g/mol. The summed E-state index contributed by atoms with van der Waals surface area (Å²) in [6.45, 7) is 3.82. The van der Waals surface area contributed by atoms with Gasteiger partial charge in [0.05, 0.1) is 0 Å². The molecule has 1 aromatic carbocycles. The van der Waals surface area contributed by atoms with Crippen LogP contribution in [0, 0.1) is 5.92 Å². The Morgan fingerprint density at radius 3 is 3.10 bits per heavy atom. The van der Waals surface area contributed by atoms with Crippen LogP contribution in [0.5, 0.6) is 5.75 Å². The Labute approximate surface area is 125 Å². The highest BCUT2D eigenvalue weighted by atomic mass is 16.5. The number of benzene rings is 1. The molecule has 0 spiro atoms. The number of carbonyl (C=O) groups excluding carboxylic acids is 1. The first-order valence-electron chi connectivity index (χ1n) is 7.51. The van der Waals surface area contributed by atoms with Gasteiger partial charge in [-0.25, -0.2) is 0 Å². The third-order valence-electron chi connectivity index (χ3n) is 3.89. The molecule has 2 aliphatic rings. The number of anilines is 1. The van der Waals surface area contributed by atoms with Crippen molar-refractivity contribution in [1.29, 1.82) is 0 Å². The van der Waals surface area contributed by atoms with Crippen LogP contribution in [-0.4, -0.2) is 44.2 Å². The largest absolute Gasteiger partial charge is 0.492 e. The molecule has 0 radical (unpaired) electrons. The molecule has 5 nitrogen and oxygen atoms in total. The summed E-state index contributed by atoms with van der Waals surface area (Å²) in [7, 11) is 1.51. The van der Waals surface area contributed by atoms with E-state index in [0.29, 0.717) is 0 Å². The predicted molar refractivity (Wildman–Crippen MR) is 80.4 cm³/mol. The molecule has 0 unspecified atom stereocenters. The summed E-state index contributed by atoms with van der Waals surface area (Å²) < 4.78 is 10.6. The van der Waals surface area contributed by atoms with E-state index in [4.69, 9.17) is 9.47 Å². The molecule has 1 amide bonds. The van der Waals surface area contributed by atoms with E-state index in [2.05, 4.69) is 10.2 Å². The van der Waals surface area contributed by atoms with Crippen molar-refractivity contribution in [2.75, 3.05) is 38.7 Å². The maximum atomic E-state index is 11.6. The van der Waals surface area contributed by atoms with Crippen LogP contribution >= 0.6 is 0 Å². The van der Waals surface area contributed by atoms with E-state index in [1.165, 1.54) is 20.0 Å². The van der Waals surface area contributed by atoms with E-state index in [0.717, 1.165) is 49.2 Å². The number of rotatable bonds is 5. The van der Waals surface area contributed by atoms with Crippen LogP contribution in [0.1, 0.15) is 18.4 Å². The zero-order chi connectivity index (χ0) is 14.7. The highest BCUT2D eigenvalue weighted by Crippen LogP contribution is 2.32. The Morgan fingerprint density at radius 2 is 2.33 bits per heavy atom. The number of nitrogens with zero attached hydrogens (tertiary/aromatic N) is 1. The van der Waals surface area contributed by atoms with Crippen LogP contribution < -0.4 is 10.1 Å². The zero-order valence-electron chi connectivity index (χ0n) is 12.4. The van der Waals surface area contributed by atoms with Gasteiger partial charge in [0.25, 0.3) is 0 Å². The molecule has 0 atom stereocenters. The summed E-state index contributed by atoms with van der Waals surface area (Å²) in [6.07, 6.45) is 2.72. The molecule has 1 fully saturated rings. The topological polar surface area (TPSA) is 50.8 Å². The highest BCUT2D eigenvalue weighted by molar-refractivity contribution is 5.91. The van der Waals surface area contributed by atoms with Gasteiger partial charge in [-0.2, -0.15) is 0 Å². The fourth-order valence-corrected chi connectivity index (χ4v) is 2.68. The first kappa shape index (κ1) is 14.4. The summed E-state index contributed by atoms with van der Waals surface area (Å²) in [6, 6.07) is 5.83. The quantitative estimate of drug-likeness (QED) is 0.899. The normalized spacial score (nSPS) is 18.5. The minimum absolute atomic E-state index is 0.0708. The second-order valence-corrected chi connectivity index (χ2v) is 5.83. The molecule has 5 heteroatoms. The number of ether oxygens (including phenoxy) is 2. The zero-order valence-corrected chi connectivity index (χ0v) is 12.4. The van der Waals surface area contributed by atoms with Crippen molar-refractivity contribution in [2.24, 2.45) is 5.92 Å². The SMILES string of the molecule is COCC(=O)Nc1ccc2c(c1)CN(CC1CC1)CCO2. The Kier molecular flexibility index (Phi) is 4.41. The number of hydrogen-bond acceptors (Lipinski definition) is 4. The highest BCUT2D eigenvalue weighted by Gasteiger charge is 2.26. The Hall–Kier alpha value is -1.59. The Morgan fingerprint density at radius 1 is 1.48 bits per heavy atom. The van der Waals surface area contributed by atoms with Crippen molar-refractivity contribution in [2.45, 2.75) is 19.4 Å². The van der Waals surface area contributed by atoms with Gasteiger partial charge in [0.15, 0.2) is 0 Å². The van der Waals surface area contributed by atoms with E-state index in [9.17, 15) is 4.79 Å². The summed E-state index contributed by atoms with van der Waals surface area (Å²) in [5, 5.41) is 2.84. The molecule has 0 bridgehead atoms. The van der Waals surface area contributed by atoms with Gasteiger partial charge in [-0.15, -0.1) is 0 Å². The number of fused-ring (bicyclic) bond motifs is 1. The van der Waals surface area contributed by atoms with Crippen molar-refractivity contribution >= 4 is 11.6 Å². The Bertz CT molecular complexity index is 514. The molecule has 1 aliphatic heterocycles. The van der Waals surface area contributed by atoms with E-state index < -0.39 is 0 Å². The second-order valence-electron chi connectivity index (χ2n) is 5.83. The maximum Gasteiger partial charge on any atom is 0.250 e. The number of hydrogen-bond donors (Lipinski definition) is 1. The lowest BCUT2D eigenvalue weighted by Crippen LogP contribution is -2.27. The smallest absolute Gasteiger partial charge is 0.250 e. The van der Waals surface area contributed by atoms with Gasteiger partial charge in [0.2, 0.25) is 5.91 Å². The van der Waals surface area contributed by atoms with E-state index in [1.807, 2.05) is 18.2 Å². The van der Waals surface area contributed by atoms with E-state index >= 15 is 0 Å². The van der Waals surface area contributed by atoms with E-state index in [1.54, 1.807) is 0 Å². The Balaban J connectivity index is 1.69. The lowest BCUT2D eigenvalue weighted by molar-refractivity contribution is -0.119. The van der Waals surface area contributed by atoms with Crippen molar-refractivity contribution in [3.63, 3.8) is 0 Å². The van der Waals surface area contributed by atoms with Crippen molar-refractivity contribution < 1.29 is 14.3 Å². The summed E-state index contributed by atoms with van der Waals surface area (Å²) in [4.78, 5) is 14.0. The molecule has 114 valence electrons. The average molecular weight is 290 g/mol. The first-order chi connectivity index (χ1) is 10.2. The second kappa shape index (κ2) is 6.45. The molecule has 1 saturated carbocycles. The van der Waals surface area contributed by atoms with Crippen molar-refractivity contribution in [3.05, 3.63) is 23.8 Å². The third-order valence-corrected chi connectivity index (χ3v) is 3.89. The molecule has 0 aromatic heterocycles. The van der Waals surface area contributed by atoms with Gasteiger partial charge in [0, 0.05) is 38.0 Å². The molecule has 1 aliphatic carbocycles. The average Bonchev–Trinajstić information content (AvgIpc) is 3.26. The van der Waals surface area contributed by atoms with Crippen LogP contribution in [0.4, 0.5) is 5.69 Å². The number of amides is 1. The predicted octanol–water partition coefficient (Wildman–Crippen LogP) is 1.88. The van der Waals surface area contributed by atoms with Gasteiger partial charge in [-0.05, 0) is 37.0 Å². The minimum atomic E-state index is -0.137. The number of nitrogens with one attached hydrogen (secondary N) is 1. The number of carbonyl (C=O) groups is 1. The van der Waals surface area contributed by atoms with Gasteiger partial charge < -0.3 is 14.8 Å². The van der Waals surface area contributed by atoms with Crippen molar-refractivity contribution in [1.82, 2.24) is 4.90 Å². The van der Waals surface area contributed by atoms with Gasteiger partial charge >= 0.3 is 0 Å². The molecular formula is C16H22N2O3. The molecule has 1 heterocycles. The summed E-state index contributed by atoms with van der Waals surface area (Å²) in [5.41, 5.74) is 1.94. The standard InChI is InChI=1S/C16H22N2O3/c1-20-11-16(19)17-14-4-5-15-13(8-14)10-18(6-7-21-15)9-12-2-3-12/h4-5,8,12H,2-3,6-7,9-11H2,1H3,(H,17,19). The van der Waals surface area contributed by atoms with Crippen LogP contribution in [0.25, 0.3) is 0 Å². The van der Waals surface area contributed by atoms with Gasteiger partial charge in [0.1, 0.15) is 19.0 Å². The fraction of sp³-hybridized carbons (Fsp3) is 0.562. The lowest BCUT2D eigenvalue weighted by atomic mass is 10.1. The third kappa shape index (κ3) is 3.95. The molecular weight excluding hydrogens is 268 g/mol. The fourth-order valence-electron chi connectivity index (χ4n) is 2.68. The molecule has 21 heavy (non-hydrogen) atoms. The molecule has 1 aromatic rings. The summed E-state index contributed by atoms with van der Waals surface area (Å²) >= 11 is 0. The molecule has 0 saturated heterocycles. The van der Waals surface area contributed by atoms with Gasteiger partial charge in [-0.3, -0.25) is 9.69 Å². The van der Waals surface area contributed by atoms with Gasteiger partial charge in [-0.1, -0.05) is 0 Å². The molecule has 3 rings (SSSR count).